The van der Waals surface area contributed by atoms with Gasteiger partial charge in [-0.25, -0.2) is 8.78 Å². The van der Waals surface area contributed by atoms with Gasteiger partial charge < -0.3 is 4.74 Å². The van der Waals surface area contributed by atoms with Crippen LogP contribution < -0.4 is 4.74 Å². The number of allylic oxidation sites excluding steroid dienone is 2. The smallest absolute Gasteiger partial charge is 0.201 e. The highest BCUT2D eigenvalue weighted by atomic mass is 19.2. The third kappa shape index (κ3) is 5.51. The van der Waals surface area contributed by atoms with Crippen LogP contribution in [0.15, 0.2) is 60.7 Å². The molecule has 1 atom stereocenters. The lowest BCUT2D eigenvalue weighted by Gasteiger charge is -2.34. The largest absolute Gasteiger partial charge is 0.500 e. The zero-order valence-electron chi connectivity index (χ0n) is 21.7. The Labute approximate surface area is 219 Å². The van der Waals surface area contributed by atoms with E-state index < -0.39 is 11.6 Å². The third-order valence-corrected chi connectivity index (χ3v) is 8.37. The van der Waals surface area contributed by atoms with E-state index >= 15 is 4.39 Å². The molecule has 1 nitrogen and oxygen atoms in total. The number of hydrogen-bond donors (Lipinski definition) is 0. The third-order valence-electron chi connectivity index (χ3n) is 8.37. The first-order chi connectivity index (χ1) is 17.9. The first kappa shape index (κ1) is 25.7. The van der Waals surface area contributed by atoms with Crippen LogP contribution in [0, 0.1) is 35.2 Å². The summed E-state index contributed by atoms with van der Waals surface area (Å²) in [5.74, 6) is 0.210. The predicted octanol–water partition coefficient (Wildman–Crippen LogP) is 8.42. The summed E-state index contributed by atoms with van der Waals surface area (Å²) in [4.78, 5) is 0. The van der Waals surface area contributed by atoms with Crippen LogP contribution in [0.5, 0.6) is 5.75 Å². The van der Waals surface area contributed by atoms with Crippen molar-refractivity contribution in [3.63, 3.8) is 0 Å². The van der Waals surface area contributed by atoms with E-state index in [1.165, 1.54) is 37.8 Å². The average Bonchev–Trinajstić information content (AvgIpc) is 2.92. The molecule has 1 fully saturated rings. The summed E-state index contributed by atoms with van der Waals surface area (Å²) in [6, 6.07) is 15.5. The second-order valence-corrected chi connectivity index (χ2v) is 10.7. The highest BCUT2D eigenvalue weighted by Gasteiger charge is 2.28. The molecule has 0 aliphatic heterocycles. The minimum atomic E-state index is -0.988. The van der Waals surface area contributed by atoms with Crippen LogP contribution in [0.1, 0.15) is 57.4 Å². The van der Waals surface area contributed by atoms with Gasteiger partial charge in [0, 0.05) is 11.1 Å². The Morgan fingerprint density at radius 2 is 1.43 bits per heavy atom. The topological polar surface area (TPSA) is 9.23 Å². The molecule has 37 heavy (non-hydrogen) atoms. The second-order valence-electron chi connectivity index (χ2n) is 10.7. The Morgan fingerprint density at radius 3 is 2.08 bits per heavy atom. The molecule has 0 bridgehead atoms. The van der Waals surface area contributed by atoms with Crippen LogP contribution in [0.3, 0.4) is 0 Å². The van der Waals surface area contributed by atoms with E-state index in [2.05, 4.69) is 13.0 Å². The van der Waals surface area contributed by atoms with Gasteiger partial charge in [0.15, 0.2) is 19.4 Å². The van der Waals surface area contributed by atoms with Crippen LogP contribution in [-0.2, 0) is 0 Å². The standard InChI is InChI=1S/C32H34BF3O/c1-20-2-4-21(5-3-20)22-6-10-24(11-7-22)27-15-14-26(18-29(27)34)23-8-12-25(13-9-23)28-16-17-30(37-19-33)32(36)31(28)35/h8-10,12-18,20-22H,2-7,11,19,33H2,1H3. The molecule has 3 aromatic carbocycles. The molecule has 0 aromatic heterocycles. The van der Waals surface area contributed by atoms with E-state index in [1.54, 1.807) is 26.0 Å². The molecule has 0 saturated heterocycles. The van der Waals surface area contributed by atoms with E-state index in [0.29, 0.717) is 11.1 Å². The maximum atomic E-state index is 15.2. The molecule has 1 unspecified atom stereocenters. The lowest BCUT2D eigenvalue weighted by Crippen LogP contribution is -2.22. The second kappa shape index (κ2) is 11.2. The minimum Gasteiger partial charge on any atom is -0.500 e. The molecule has 0 N–H and O–H groups in total. The fourth-order valence-electron chi connectivity index (χ4n) is 6.10. The van der Waals surface area contributed by atoms with Crippen LogP contribution in [0.25, 0.3) is 27.8 Å². The fourth-order valence-corrected chi connectivity index (χ4v) is 6.10. The molecular weight excluding hydrogens is 468 g/mol. The molecule has 1 saturated carbocycles. The van der Waals surface area contributed by atoms with Crippen LogP contribution in [-0.4, -0.2) is 14.4 Å². The number of rotatable bonds is 6. The summed E-state index contributed by atoms with van der Waals surface area (Å²) in [6.45, 7) is 2.62. The van der Waals surface area contributed by atoms with Crippen LogP contribution in [0.4, 0.5) is 13.2 Å². The lowest BCUT2D eigenvalue weighted by molar-refractivity contribution is 0.202. The zero-order valence-corrected chi connectivity index (χ0v) is 21.7. The van der Waals surface area contributed by atoms with Crippen molar-refractivity contribution >= 4 is 13.4 Å². The van der Waals surface area contributed by atoms with Crippen molar-refractivity contribution in [3.05, 3.63) is 83.7 Å². The molecule has 0 heterocycles. The normalized spacial score (nSPS) is 21.9. The van der Waals surface area contributed by atoms with E-state index in [1.807, 2.05) is 24.3 Å². The first-order valence-corrected chi connectivity index (χ1v) is 13.6. The quantitative estimate of drug-likeness (QED) is 0.308. The molecule has 2 aliphatic carbocycles. The van der Waals surface area contributed by atoms with Gasteiger partial charge in [0.2, 0.25) is 5.82 Å². The molecule has 3 aromatic rings. The van der Waals surface area contributed by atoms with Gasteiger partial charge in [-0.15, -0.1) is 0 Å². The summed E-state index contributed by atoms with van der Waals surface area (Å²) in [7, 11) is 1.72. The van der Waals surface area contributed by atoms with Crippen LogP contribution >= 0.6 is 0 Å². The van der Waals surface area contributed by atoms with E-state index in [4.69, 9.17) is 4.74 Å². The molecule has 192 valence electrons. The molecular formula is C32H34BF3O. The van der Waals surface area contributed by atoms with E-state index in [-0.39, 0.29) is 23.6 Å². The number of benzene rings is 3. The monoisotopic (exact) mass is 502 g/mol. The summed E-state index contributed by atoms with van der Waals surface area (Å²) >= 11 is 0. The van der Waals surface area contributed by atoms with Gasteiger partial charge in [-0.3, -0.25) is 0 Å². The summed E-state index contributed by atoms with van der Waals surface area (Å²) in [6.07, 6.45) is 10.8. The van der Waals surface area contributed by atoms with Gasteiger partial charge >= 0.3 is 0 Å². The van der Waals surface area contributed by atoms with Gasteiger partial charge in [-0.2, -0.15) is 4.39 Å². The maximum absolute atomic E-state index is 15.2. The van der Waals surface area contributed by atoms with Crippen LogP contribution in [0.2, 0.25) is 0 Å². The first-order valence-electron chi connectivity index (χ1n) is 13.6. The molecule has 5 rings (SSSR count). The highest BCUT2D eigenvalue weighted by molar-refractivity contribution is 6.08. The van der Waals surface area contributed by atoms with Gasteiger partial charge in [0.25, 0.3) is 0 Å². The van der Waals surface area contributed by atoms with Gasteiger partial charge in [-0.05, 0) is 90.3 Å². The average molecular weight is 502 g/mol. The zero-order chi connectivity index (χ0) is 25.9. The summed E-state index contributed by atoms with van der Waals surface area (Å²) < 4.78 is 49.2. The lowest BCUT2D eigenvalue weighted by atomic mass is 9.71. The molecule has 5 heteroatoms. The Morgan fingerprint density at radius 1 is 0.757 bits per heavy atom. The number of halogens is 3. The van der Waals surface area contributed by atoms with E-state index in [9.17, 15) is 8.78 Å². The Hall–Kier alpha value is -2.95. The van der Waals surface area contributed by atoms with Crippen molar-refractivity contribution in [2.24, 2.45) is 17.8 Å². The predicted molar refractivity (Wildman–Crippen MR) is 148 cm³/mol. The van der Waals surface area contributed by atoms with Gasteiger partial charge in [0.1, 0.15) is 5.82 Å². The summed E-state index contributed by atoms with van der Waals surface area (Å²) in [5.41, 5.74) is 4.12. The SMILES string of the molecule is BCOc1ccc(-c2ccc(-c3ccc(C4=CCC(C5CCC(C)CC5)CC4)c(F)c3)cc2)c(F)c1F. The van der Waals surface area contributed by atoms with Crippen molar-refractivity contribution in [1.82, 2.24) is 0 Å². The van der Waals surface area contributed by atoms with Gasteiger partial charge in [-0.1, -0.05) is 62.2 Å². The highest BCUT2D eigenvalue weighted by Crippen LogP contribution is 2.42. The van der Waals surface area contributed by atoms with Crippen molar-refractivity contribution in [3.8, 4) is 28.0 Å². The number of hydrogen-bond acceptors (Lipinski definition) is 1. The molecule has 0 radical (unpaired) electrons. The van der Waals surface area contributed by atoms with Crippen molar-refractivity contribution < 1.29 is 17.9 Å². The minimum absolute atomic E-state index is 0.0943. The Balaban J connectivity index is 1.29. The van der Waals surface area contributed by atoms with Crippen molar-refractivity contribution in [2.75, 3.05) is 6.51 Å². The van der Waals surface area contributed by atoms with E-state index in [0.717, 1.165) is 53.7 Å². The molecule has 2 aliphatic rings. The van der Waals surface area contributed by atoms with Crippen molar-refractivity contribution in [2.45, 2.75) is 51.9 Å². The Kier molecular flexibility index (Phi) is 7.78. The van der Waals surface area contributed by atoms with Crippen molar-refractivity contribution in [1.29, 1.82) is 0 Å². The van der Waals surface area contributed by atoms with Gasteiger partial charge in [0.05, 0.1) is 6.51 Å². The maximum Gasteiger partial charge on any atom is 0.201 e. The molecule has 0 spiro atoms. The molecule has 0 amide bonds. The Bertz CT molecular complexity index is 1280. The fraction of sp³-hybridized carbons (Fsp3) is 0.375. The summed E-state index contributed by atoms with van der Waals surface area (Å²) in [5, 5.41) is 0. The number of ether oxygens (including phenoxy) is 1.